The van der Waals surface area contributed by atoms with Gasteiger partial charge in [-0.15, -0.1) is 0 Å². The van der Waals surface area contributed by atoms with Crippen molar-refractivity contribution in [2.24, 2.45) is 0 Å². The van der Waals surface area contributed by atoms with Gasteiger partial charge in [0.15, 0.2) is 11.5 Å². The molecule has 0 saturated heterocycles. The van der Waals surface area contributed by atoms with E-state index in [9.17, 15) is 14.7 Å². The number of ketones is 2. The number of hydrogen-bond donors (Lipinski definition) is 2. The molecule has 2 rings (SSSR count). The Kier molecular flexibility index (Phi) is 2.42. The van der Waals surface area contributed by atoms with E-state index in [0.29, 0.717) is 0 Å². The van der Waals surface area contributed by atoms with Crippen LogP contribution in [0.4, 0.5) is 0 Å². The number of hydrogen-bond acceptors (Lipinski definition) is 4. The summed E-state index contributed by atoms with van der Waals surface area (Å²) in [6.07, 6.45) is 0. The van der Waals surface area contributed by atoms with Crippen molar-refractivity contribution in [1.82, 2.24) is 0 Å². The van der Waals surface area contributed by atoms with Crippen LogP contribution >= 0.6 is 0 Å². The topological polar surface area (TPSA) is 78.2 Å². The first kappa shape index (κ1) is 11.3. The lowest BCUT2D eigenvalue weighted by Gasteiger charge is -2.17. The molecule has 0 radical (unpaired) electrons. The summed E-state index contributed by atoms with van der Waals surface area (Å²) in [5, 5.41) is 17.1. The average Bonchev–Trinajstić information content (AvgIpc) is 2.25. The molecule has 4 nitrogen and oxygen atoms in total. The highest BCUT2D eigenvalue weighted by Gasteiger charge is 2.33. The minimum absolute atomic E-state index is 0.105. The smallest absolute Gasteiger partial charge is 0.228 e. The van der Waals surface area contributed by atoms with E-state index in [1.165, 1.54) is 6.92 Å². The lowest BCUT2D eigenvalue weighted by atomic mass is 9.85. The number of rotatable bonds is 1. The van der Waals surface area contributed by atoms with Gasteiger partial charge in [0.1, 0.15) is 0 Å². The molecule has 17 heavy (non-hydrogen) atoms. The molecule has 2 N–H and O–H groups in total. The van der Waals surface area contributed by atoms with Gasteiger partial charge in [-0.3, -0.25) is 9.59 Å². The molecule has 4 heteroatoms. The summed E-state index contributed by atoms with van der Waals surface area (Å²) in [5.41, 5.74) is 0.989. The van der Waals surface area contributed by atoms with E-state index in [1.54, 1.807) is 25.1 Å². The Morgan fingerprint density at radius 1 is 1.18 bits per heavy atom. The standard InChI is InChI=1S/C13H11NO3/c1-6-3-4-8-9(5-6)12(16)13(17)10(7(2)14)11(8)15/h3-5,14,17H,1-2H3. The molecule has 0 heterocycles. The highest BCUT2D eigenvalue weighted by molar-refractivity contribution is 6.36. The second kappa shape index (κ2) is 3.66. The summed E-state index contributed by atoms with van der Waals surface area (Å²) in [4.78, 5) is 23.9. The first-order chi connectivity index (χ1) is 7.93. The fourth-order valence-electron chi connectivity index (χ4n) is 1.88. The molecule has 0 spiro atoms. The minimum Gasteiger partial charge on any atom is -0.504 e. The number of nitrogens with one attached hydrogen (secondary N) is 1. The molecule has 1 aliphatic carbocycles. The predicted octanol–water partition coefficient (Wildman–Crippen LogP) is 2.23. The van der Waals surface area contributed by atoms with Crippen molar-refractivity contribution in [2.45, 2.75) is 13.8 Å². The monoisotopic (exact) mass is 229 g/mol. The fourth-order valence-corrected chi connectivity index (χ4v) is 1.88. The number of aliphatic hydroxyl groups excluding tert-OH is 1. The zero-order valence-corrected chi connectivity index (χ0v) is 9.50. The van der Waals surface area contributed by atoms with Crippen LogP contribution in [0.1, 0.15) is 33.2 Å². The summed E-state index contributed by atoms with van der Waals surface area (Å²) < 4.78 is 0. The summed E-state index contributed by atoms with van der Waals surface area (Å²) in [6.45, 7) is 3.17. The molecule has 1 aromatic rings. The predicted molar refractivity (Wildman–Crippen MR) is 62.9 cm³/mol. The molecule has 0 bridgehead atoms. The van der Waals surface area contributed by atoms with Crippen LogP contribution in [0.5, 0.6) is 0 Å². The summed E-state index contributed by atoms with van der Waals surface area (Å²) >= 11 is 0. The van der Waals surface area contributed by atoms with Crippen LogP contribution in [0.2, 0.25) is 0 Å². The second-order valence-electron chi connectivity index (χ2n) is 4.06. The lowest BCUT2D eigenvalue weighted by Crippen LogP contribution is -2.25. The third-order valence-corrected chi connectivity index (χ3v) is 2.72. The quantitative estimate of drug-likeness (QED) is 0.725. The number of carbonyl (C=O) groups is 2. The van der Waals surface area contributed by atoms with Crippen molar-refractivity contribution >= 4 is 17.3 Å². The third kappa shape index (κ3) is 1.58. The van der Waals surface area contributed by atoms with E-state index >= 15 is 0 Å². The summed E-state index contributed by atoms with van der Waals surface area (Å²) in [7, 11) is 0. The summed E-state index contributed by atoms with van der Waals surface area (Å²) in [6, 6.07) is 4.85. The molecule has 0 aromatic heterocycles. The van der Waals surface area contributed by atoms with Crippen LogP contribution in [0.3, 0.4) is 0 Å². The zero-order valence-electron chi connectivity index (χ0n) is 9.50. The lowest BCUT2D eigenvalue weighted by molar-refractivity contribution is 0.0934. The SMILES string of the molecule is CC(=N)C1=C(O)C(=O)c2cc(C)ccc2C1=O. The zero-order chi connectivity index (χ0) is 12.7. The first-order valence-electron chi connectivity index (χ1n) is 5.12. The van der Waals surface area contributed by atoms with E-state index < -0.39 is 17.3 Å². The number of allylic oxidation sites excluding steroid dienone is 2. The highest BCUT2D eigenvalue weighted by Crippen LogP contribution is 2.26. The molecule has 0 atom stereocenters. The van der Waals surface area contributed by atoms with Crippen LogP contribution in [-0.4, -0.2) is 22.4 Å². The number of carbonyl (C=O) groups excluding carboxylic acids is 2. The molecule has 0 fully saturated rings. The molecular weight excluding hydrogens is 218 g/mol. The third-order valence-electron chi connectivity index (χ3n) is 2.72. The normalized spacial score (nSPS) is 14.9. The van der Waals surface area contributed by atoms with Gasteiger partial charge < -0.3 is 10.5 Å². The second-order valence-corrected chi connectivity index (χ2v) is 4.06. The van der Waals surface area contributed by atoms with Crippen molar-refractivity contribution in [1.29, 1.82) is 5.41 Å². The molecular formula is C13H11NO3. The Balaban J connectivity index is 2.73. The van der Waals surface area contributed by atoms with E-state index in [-0.39, 0.29) is 22.4 Å². The van der Waals surface area contributed by atoms with Gasteiger partial charge in [-0.1, -0.05) is 17.7 Å². The van der Waals surface area contributed by atoms with Gasteiger partial charge in [0, 0.05) is 16.8 Å². The highest BCUT2D eigenvalue weighted by atomic mass is 16.3. The Morgan fingerprint density at radius 3 is 2.41 bits per heavy atom. The van der Waals surface area contributed by atoms with Crippen LogP contribution in [0.15, 0.2) is 29.5 Å². The van der Waals surface area contributed by atoms with Gasteiger partial charge >= 0.3 is 0 Å². The first-order valence-corrected chi connectivity index (χ1v) is 5.12. The van der Waals surface area contributed by atoms with Crippen molar-refractivity contribution in [3.05, 3.63) is 46.2 Å². The van der Waals surface area contributed by atoms with Gasteiger partial charge in [-0.2, -0.15) is 0 Å². The number of aryl methyl sites for hydroxylation is 1. The molecule has 0 aliphatic heterocycles. The Bertz CT molecular complexity index is 597. The van der Waals surface area contributed by atoms with E-state index in [2.05, 4.69) is 0 Å². The molecule has 86 valence electrons. The number of benzene rings is 1. The maximum absolute atomic E-state index is 12.0. The molecule has 0 saturated carbocycles. The molecule has 1 aromatic carbocycles. The van der Waals surface area contributed by atoms with Crippen molar-refractivity contribution in [3.8, 4) is 0 Å². The summed E-state index contributed by atoms with van der Waals surface area (Å²) in [5.74, 6) is -1.69. The molecule has 0 unspecified atom stereocenters. The number of fused-ring (bicyclic) bond motifs is 1. The maximum atomic E-state index is 12.0. The number of aliphatic hydroxyl groups is 1. The van der Waals surface area contributed by atoms with Crippen molar-refractivity contribution < 1.29 is 14.7 Å². The average molecular weight is 229 g/mol. The van der Waals surface area contributed by atoms with Crippen LogP contribution in [0.25, 0.3) is 0 Å². The van der Waals surface area contributed by atoms with Gasteiger partial charge in [0.2, 0.25) is 5.78 Å². The van der Waals surface area contributed by atoms with Crippen molar-refractivity contribution in [3.63, 3.8) is 0 Å². The van der Waals surface area contributed by atoms with Crippen LogP contribution < -0.4 is 0 Å². The Hall–Kier alpha value is -2.23. The van der Waals surface area contributed by atoms with Gasteiger partial charge in [-0.05, 0) is 19.9 Å². The molecule has 0 amide bonds. The fraction of sp³-hybridized carbons (Fsp3) is 0.154. The van der Waals surface area contributed by atoms with E-state index in [0.717, 1.165) is 5.56 Å². The minimum atomic E-state index is -0.624. The van der Waals surface area contributed by atoms with Crippen molar-refractivity contribution in [2.75, 3.05) is 0 Å². The van der Waals surface area contributed by atoms with E-state index in [4.69, 9.17) is 5.41 Å². The van der Waals surface area contributed by atoms with Gasteiger partial charge in [0.25, 0.3) is 0 Å². The van der Waals surface area contributed by atoms with Crippen LogP contribution in [0, 0.1) is 12.3 Å². The maximum Gasteiger partial charge on any atom is 0.228 e. The number of Topliss-reactive ketones (excluding diaryl/α,β-unsaturated/α-hetero) is 2. The van der Waals surface area contributed by atoms with Crippen LogP contribution in [-0.2, 0) is 0 Å². The van der Waals surface area contributed by atoms with Gasteiger partial charge in [-0.25, -0.2) is 0 Å². The largest absolute Gasteiger partial charge is 0.504 e. The molecule has 1 aliphatic rings. The Morgan fingerprint density at radius 2 is 1.82 bits per heavy atom. The van der Waals surface area contributed by atoms with E-state index in [1.807, 2.05) is 0 Å². The van der Waals surface area contributed by atoms with Gasteiger partial charge in [0.05, 0.1) is 5.57 Å². The Labute approximate surface area is 98.1 Å².